The largest absolute Gasteiger partial charge is 0.458 e. The molecular formula is C12H13FO2. The standard InChI is InChI=1S/C12H13FO2/c1-10(8-13)7-12(14)15-9-11-5-3-2-4-6-11/h2-7H,8-9H2,1H3/b10-7+. The van der Waals surface area contributed by atoms with Gasteiger partial charge >= 0.3 is 5.97 Å². The SMILES string of the molecule is C/C(=C\C(=O)OCc1ccccc1)CF. The first-order chi connectivity index (χ1) is 7.22. The van der Waals surface area contributed by atoms with Gasteiger partial charge in [-0.2, -0.15) is 0 Å². The number of ether oxygens (including phenoxy) is 1. The maximum absolute atomic E-state index is 12.0. The first-order valence-electron chi connectivity index (χ1n) is 4.66. The van der Waals surface area contributed by atoms with Gasteiger partial charge in [0.15, 0.2) is 0 Å². The van der Waals surface area contributed by atoms with E-state index >= 15 is 0 Å². The highest BCUT2D eigenvalue weighted by atomic mass is 19.1. The van der Waals surface area contributed by atoms with Crippen LogP contribution in [-0.4, -0.2) is 12.6 Å². The van der Waals surface area contributed by atoms with Crippen molar-refractivity contribution in [1.29, 1.82) is 0 Å². The van der Waals surface area contributed by atoms with Gasteiger partial charge in [0.05, 0.1) is 0 Å². The van der Waals surface area contributed by atoms with E-state index in [4.69, 9.17) is 4.74 Å². The lowest BCUT2D eigenvalue weighted by molar-refractivity contribution is -0.139. The zero-order valence-corrected chi connectivity index (χ0v) is 8.57. The van der Waals surface area contributed by atoms with Gasteiger partial charge in [-0.1, -0.05) is 30.3 Å². The lowest BCUT2D eigenvalue weighted by Crippen LogP contribution is -2.02. The summed E-state index contributed by atoms with van der Waals surface area (Å²) in [6.45, 7) is 1.14. The van der Waals surface area contributed by atoms with E-state index in [2.05, 4.69) is 0 Å². The Morgan fingerprint density at radius 2 is 2.07 bits per heavy atom. The summed E-state index contributed by atoms with van der Waals surface area (Å²) in [4.78, 5) is 11.1. The maximum atomic E-state index is 12.0. The molecule has 0 fully saturated rings. The Morgan fingerprint density at radius 3 is 2.67 bits per heavy atom. The molecule has 0 N–H and O–H groups in total. The molecule has 0 amide bonds. The number of benzene rings is 1. The predicted octanol–water partition coefficient (Wildman–Crippen LogP) is 2.65. The molecule has 80 valence electrons. The first-order valence-corrected chi connectivity index (χ1v) is 4.66. The van der Waals surface area contributed by atoms with Crippen molar-refractivity contribution in [2.45, 2.75) is 13.5 Å². The van der Waals surface area contributed by atoms with Crippen molar-refractivity contribution in [1.82, 2.24) is 0 Å². The molecule has 0 bridgehead atoms. The van der Waals surface area contributed by atoms with Gasteiger partial charge in [0.1, 0.15) is 13.3 Å². The molecule has 0 aliphatic carbocycles. The number of esters is 1. The molecule has 0 aliphatic rings. The van der Waals surface area contributed by atoms with Gasteiger partial charge in [-0.05, 0) is 18.1 Å². The summed E-state index contributed by atoms with van der Waals surface area (Å²) in [5.74, 6) is -0.506. The molecule has 0 aliphatic heterocycles. The van der Waals surface area contributed by atoms with E-state index in [1.807, 2.05) is 30.3 Å². The second-order valence-corrected chi connectivity index (χ2v) is 3.22. The molecular weight excluding hydrogens is 195 g/mol. The lowest BCUT2D eigenvalue weighted by atomic mass is 10.2. The van der Waals surface area contributed by atoms with E-state index in [0.29, 0.717) is 5.57 Å². The van der Waals surface area contributed by atoms with Crippen molar-refractivity contribution in [3.63, 3.8) is 0 Å². The monoisotopic (exact) mass is 208 g/mol. The Labute approximate surface area is 88.4 Å². The number of rotatable bonds is 4. The number of alkyl halides is 1. The summed E-state index contributed by atoms with van der Waals surface area (Å²) in [6, 6.07) is 9.34. The van der Waals surface area contributed by atoms with Crippen molar-refractivity contribution in [3.05, 3.63) is 47.5 Å². The van der Waals surface area contributed by atoms with Gasteiger partial charge in [0.2, 0.25) is 0 Å². The Balaban J connectivity index is 2.41. The molecule has 0 atom stereocenters. The highest BCUT2D eigenvalue weighted by Crippen LogP contribution is 2.02. The van der Waals surface area contributed by atoms with Crippen LogP contribution in [0.1, 0.15) is 12.5 Å². The number of hydrogen-bond acceptors (Lipinski definition) is 2. The summed E-state index contributed by atoms with van der Waals surface area (Å²) in [5.41, 5.74) is 1.28. The molecule has 2 nitrogen and oxygen atoms in total. The third-order valence-electron chi connectivity index (χ3n) is 1.80. The minimum absolute atomic E-state index is 0.218. The van der Waals surface area contributed by atoms with Gasteiger partial charge in [0.25, 0.3) is 0 Å². The molecule has 0 aromatic heterocycles. The highest BCUT2D eigenvalue weighted by molar-refractivity contribution is 5.82. The van der Waals surface area contributed by atoms with Gasteiger partial charge in [0, 0.05) is 6.08 Å². The van der Waals surface area contributed by atoms with Crippen molar-refractivity contribution < 1.29 is 13.9 Å². The number of carbonyl (C=O) groups excluding carboxylic acids is 1. The fraction of sp³-hybridized carbons (Fsp3) is 0.250. The Hall–Kier alpha value is -1.64. The molecule has 0 radical (unpaired) electrons. The maximum Gasteiger partial charge on any atom is 0.331 e. The molecule has 15 heavy (non-hydrogen) atoms. The van der Waals surface area contributed by atoms with Gasteiger partial charge in [-0.15, -0.1) is 0 Å². The van der Waals surface area contributed by atoms with Gasteiger partial charge in [-0.3, -0.25) is 0 Å². The Bertz CT molecular complexity index is 344. The van der Waals surface area contributed by atoms with Crippen LogP contribution in [-0.2, 0) is 16.1 Å². The van der Waals surface area contributed by atoms with Gasteiger partial charge < -0.3 is 4.74 Å². The molecule has 0 saturated heterocycles. The third kappa shape index (κ3) is 4.40. The van der Waals surface area contributed by atoms with Crippen LogP contribution in [0.4, 0.5) is 4.39 Å². The minimum Gasteiger partial charge on any atom is -0.458 e. The molecule has 0 heterocycles. The Kier molecular flexibility index (Phi) is 4.54. The second-order valence-electron chi connectivity index (χ2n) is 3.22. The summed E-state index contributed by atoms with van der Waals surface area (Å²) in [7, 11) is 0. The normalized spacial score (nSPS) is 11.2. The molecule has 3 heteroatoms. The van der Waals surface area contributed by atoms with Crippen LogP contribution >= 0.6 is 0 Å². The van der Waals surface area contributed by atoms with E-state index in [9.17, 15) is 9.18 Å². The van der Waals surface area contributed by atoms with Crippen LogP contribution in [0, 0.1) is 0 Å². The summed E-state index contributed by atoms with van der Waals surface area (Å²) in [5, 5.41) is 0. The zero-order valence-electron chi connectivity index (χ0n) is 8.57. The van der Waals surface area contributed by atoms with Crippen LogP contribution in [0.15, 0.2) is 42.0 Å². The van der Waals surface area contributed by atoms with E-state index < -0.39 is 12.6 Å². The lowest BCUT2D eigenvalue weighted by Gasteiger charge is -2.02. The molecule has 0 saturated carbocycles. The van der Waals surface area contributed by atoms with Crippen molar-refractivity contribution in [2.24, 2.45) is 0 Å². The number of hydrogen-bond donors (Lipinski definition) is 0. The van der Waals surface area contributed by atoms with Gasteiger partial charge in [-0.25, -0.2) is 9.18 Å². The summed E-state index contributed by atoms with van der Waals surface area (Å²) in [6.07, 6.45) is 1.17. The van der Waals surface area contributed by atoms with Crippen LogP contribution in [0.5, 0.6) is 0 Å². The number of carbonyl (C=O) groups is 1. The molecule has 1 rings (SSSR count). The average Bonchev–Trinajstić information content (AvgIpc) is 2.27. The summed E-state index contributed by atoms with van der Waals surface area (Å²) < 4.78 is 17.0. The van der Waals surface area contributed by atoms with Crippen molar-refractivity contribution >= 4 is 5.97 Å². The number of halogens is 1. The summed E-state index contributed by atoms with van der Waals surface area (Å²) >= 11 is 0. The minimum atomic E-state index is -0.625. The number of allylic oxidation sites excluding steroid dienone is 1. The van der Waals surface area contributed by atoms with E-state index in [1.54, 1.807) is 6.92 Å². The van der Waals surface area contributed by atoms with Crippen LogP contribution in [0.25, 0.3) is 0 Å². The fourth-order valence-corrected chi connectivity index (χ4v) is 1.01. The topological polar surface area (TPSA) is 26.3 Å². The van der Waals surface area contributed by atoms with Crippen LogP contribution < -0.4 is 0 Å². The predicted molar refractivity (Wildman–Crippen MR) is 56.0 cm³/mol. The first kappa shape index (κ1) is 11.4. The Morgan fingerprint density at radius 1 is 1.40 bits per heavy atom. The quantitative estimate of drug-likeness (QED) is 0.561. The third-order valence-corrected chi connectivity index (χ3v) is 1.80. The molecule has 1 aromatic rings. The molecule has 0 unspecified atom stereocenters. The highest BCUT2D eigenvalue weighted by Gasteiger charge is 1.99. The fourth-order valence-electron chi connectivity index (χ4n) is 1.01. The van der Waals surface area contributed by atoms with Crippen molar-refractivity contribution in [3.8, 4) is 0 Å². The van der Waals surface area contributed by atoms with Crippen LogP contribution in [0.3, 0.4) is 0 Å². The average molecular weight is 208 g/mol. The molecule has 1 aromatic carbocycles. The van der Waals surface area contributed by atoms with E-state index in [-0.39, 0.29) is 6.61 Å². The second kappa shape index (κ2) is 5.96. The van der Waals surface area contributed by atoms with E-state index in [0.717, 1.165) is 5.56 Å². The smallest absolute Gasteiger partial charge is 0.331 e. The van der Waals surface area contributed by atoms with E-state index in [1.165, 1.54) is 6.08 Å². The molecule has 0 spiro atoms. The van der Waals surface area contributed by atoms with Crippen LogP contribution in [0.2, 0.25) is 0 Å². The zero-order chi connectivity index (χ0) is 11.1. The van der Waals surface area contributed by atoms with Crippen molar-refractivity contribution in [2.75, 3.05) is 6.67 Å².